The van der Waals surface area contributed by atoms with E-state index in [1.807, 2.05) is 19.3 Å². The van der Waals surface area contributed by atoms with E-state index in [0.717, 1.165) is 30.5 Å². The summed E-state index contributed by atoms with van der Waals surface area (Å²) in [5.74, 6) is 0.802. The minimum atomic E-state index is -0.394. The largest absolute Gasteiger partial charge is 0.314 e. The summed E-state index contributed by atoms with van der Waals surface area (Å²) in [4.78, 5) is 18.5. The third kappa shape index (κ3) is 1.82. The highest BCUT2D eigenvalue weighted by atomic mass is 16.2. The molecule has 1 amide bonds. The zero-order valence-corrected chi connectivity index (χ0v) is 11.7. The molecular weight excluding hydrogens is 224 g/mol. The van der Waals surface area contributed by atoms with Crippen molar-refractivity contribution in [3.8, 4) is 0 Å². The molecule has 0 saturated carbocycles. The van der Waals surface area contributed by atoms with Gasteiger partial charge < -0.3 is 4.90 Å². The van der Waals surface area contributed by atoms with Gasteiger partial charge in [0.1, 0.15) is 0 Å². The summed E-state index contributed by atoms with van der Waals surface area (Å²) in [7, 11) is 1.86. The van der Waals surface area contributed by atoms with Gasteiger partial charge in [-0.2, -0.15) is 0 Å². The first-order valence-electron chi connectivity index (χ1n) is 6.77. The summed E-state index contributed by atoms with van der Waals surface area (Å²) in [6.07, 6.45) is 6.78. The zero-order chi connectivity index (χ0) is 13.3. The summed E-state index contributed by atoms with van der Waals surface area (Å²) in [6.45, 7) is 6.47. The molecule has 2 heterocycles. The lowest BCUT2D eigenvalue weighted by atomic mass is 9.75. The van der Waals surface area contributed by atoms with Crippen molar-refractivity contribution in [3.63, 3.8) is 0 Å². The van der Waals surface area contributed by atoms with Gasteiger partial charge >= 0.3 is 0 Å². The Bertz CT molecular complexity index is 454. The normalized spacial score (nSPS) is 22.7. The quantitative estimate of drug-likeness (QED) is 0.817. The van der Waals surface area contributed by atoms with Crippen molar-refractivity contribution in [2.24, 2.45) is 5.92 Å². The summed E-state index contributed by atoms with van der Waals surface area (Å²) in [5.41, 5.74) is 1.71. The van der Waals surface area contributed by atoms with E-state index in [1.165, 1.54) is 0 Å². The third-order valence-electron chi connectivity index (χ3n) is 4.38. The Labute approximate surface area is 109 Å². The van der Waals surface area contributed by atoms with E-state index in [0.29, 0.717) is 5.92 Å². The first-order chi connectivity index (χ1) is 8.54. The van der Waals surface area contributed by atoms with Crippen molar-refractivity contribution >= 4 is 11.6 Å². The molecule has 1 aromatic heterocycles. The van der Waals surface area contributed by atoms with Gasteiger partial charge in [0, 0.05) is 25.0 Å². The maximum Gasteiger partial charge on any atom is 0.237 e. The van der Waals surface area contributed by atoms with Crippen molar-refractivity contribution in [1.82, 2.24) is 4.98 Å². The molecule has 0 saturated heterocycles. The fourth-order valence-electron chi connectivity index (χ4n) is 3.05. The van der Waals surface area contributed by atoms with Crippen LogP contribution in [0.3, 0.4) is 0 Å². The van der Waals surface area contributed by atoms with Gasteiger partial charge in [-0.25, -0.2) is 0 Å². The average molecular weight is 246 g/mol. The molecule has 18 heavy (non-hydrogen) atoms. The van der Waals surface area contributed by atoms with Crippen molar-refractivity contribution in [3.05, 3.63) is 24.0 Å². The number of likely N-dealkylation sites (N-methyl/N-ethyl adjacent to an activating group) is 1. The van der Waals surface area contributed by atoms with Crippen molar-refractivity contribution < 1.29 is 4.79 Å². The summed E-state index contributed by atoms with van der Waals surface area (Å²) < 4.78 is 0. The minimum Gasteiger partial charge on any atom is -0.314 e. The molecule has 0 radical (unpaired) electrons. The Kier molecular flexibility index (Phi) is 3.42. The number of fused-ring (bicyclic) bond motifs is 1. The molecule has 98 valence electrons. The maximum atomic E-state index is 12.5. The molecular formula is C15H22N2O. The SMILES string of the molecule is CCC(CC)CC1(C)C(=O)N(C)c2ccncc21. The van der Waals surface area contributed by atoms with E-state index in [1.54, 1.807) is 11.1 Å². The fourth-order valence-corrected chi connectivity index (χ4v) is 3.05. The van der Waals surface area contributed by atoms with E-state index >= 15 is 0 Å². The van der Waals surface area contributed by atoms with E-state index < -0.39 is 5.41 Å². The number of anilines is 1. The smallest absolute Gasteiger partial charge is 0.237 e. The lowest BCUT2D eigenvalue weighted by Gasteiger charge is -2.27. The molecule has 0 N–H and O–H groups in total. The second-order valence-electron chi connectivity index (χ2n) is 5.48. The number of carbonyl (C=O) groups excluding carboxylic acids is 1. The summed E-state index contributed by atoms with van der Waals surface area (Å²) in [6, 6.07) is 1.94. The van der Waals surface area contributed by atoms with Crippen LogP contribution in [0.1, 0.15) is 45.6 Å². The lowest BCUT2D eigenvalue weighted by Crippen LogP contribution is -2.37. The number of pyridine rings is 1. The standard InChI is InChI=1S/C15H22N2O/c1-5-11(6-2)9-15(3)12-10-16-8-7-13(12)17(4)14(15)18/h7-8,10-11H,5-6,9H2,1-4H3. The van der Waals surface area contributed by atoms with Crippen LogP contribution >= 0.6 is 0 Å². The number of hydrogen-bond acceptors (Lipinski definition) is 2. The van der Waals surface area contributed by atoms with Crippen LogP contribution in [0.2, 0.25) is 0 Å². The predicted molar refractivity (Wildman–Crippen MR) is 73.7 cm³/mol. The van der Waals surface area contributed by atoms with Crippen LogP contribution in [-0.4, -0.2) is 17.9 Å². The molecule has 3 nitrogen and oxygen atoms in total. The van der Waals surface area contributed by atoms with Crippen LogP contribution in [0.25, 0.3) is 0 Å². The van der Waals surface area contributed by atoms with Gasteiger partial charge in [0.2, 0.25) is 5.91 Å². The maximum absolute atomic E-state index is 12.5. The summed E-state index contributed by atoms with van der Waals surface area (Å²) >= 11 is 0. The minimum absolute atomic E-state index is 0.206. The van der Waals surface area contributed by atoms with Gasteiger partial charge in [-0.15, -0.1) is 0 Å². The molecule has 0 aliphatic carbocycles. The van der Waals surface area contributed by atoms with Gasteiger partial charge in [0.25, 0.3) is 0 Å². The molecule has 0 aromatic carbocycles. The Morgan fingerprint density at radius 2 is 2.06 bits per heavy atom. The molecule has 1 unspecified atom stereocenters. The first kappa shape index (κ1) is 13.1. The van der Waals surface area contributed by atoms with Crippen LogP contribution in [0.5, 0.6) is 0 Å². The molecule has 2 rings (SSSR count). The first-order valence-corrected chi connectivity index (χ1v) is 6.77. The molecule has 1 atom stereocenters. The second-order valence-corrected chi connectivity index (χ2v) is 5.48. The number of carbonyl (C=O) groups is 1. The highest BCUT2D eigenvalue weighted by Crippen LogP contribution is 2.44. The number of hydrogen-bond donors (Lipinski definition) is 0. The molecule has 3 heteroatoms. The number of amides is 1. The van der Waals surface area contributed by atoms with E-state index in [4.69, 9.17) is 0 Å². The van der Waals surface area contributed by atoms with Crippen molar-refractivity contribution in [2.45, 2.75) is 45.4 Å². The number of nitrogens with zero attached hydrogens (tertiary/aromatic N) is 2. The highest BCUT2D eigenvalue weighted by molar-refractivity contribution is 6.07. The van der Waals surface area contributed by atoms with Gasteiger partial charge in [0.15, 0.2) is 0 Å². The monoisotopic (exact) mass is 246 g/mol. The van der Waals surface area contributed by atoms with Gasteiger partial charge in [0.05, 0.1) is 11.1 Å². The van der Waals surface area contributed by atoms with Gasteiger partial charge in [-0.05, 0) is 25.3 Å². The Hall–Kier alpha value is -1.38. The van der Waals surface area contributed by atoms with Gasteiger partial charge in [-0.1, -0.05) is 26.7 Å². The van der Waals surface area contributed by atoms with E-state index in [9.17, 15) is 4.79 Å². The third-order valence-corrected chi connectivity index (χ3v) is 4.38. The van der Waals surface area contributed by atoms with Crippen LogP contribution in [0.15, 0.2) is 18.5 Å². The highest BCUT2D eigenvalue weighted by Gasteiger charge is 2.46. The molecule has 0 bridgehead atoms. The molecule has 0 spiro atoms. The topological polar surface area (TPSA) is 33.2 Å². The zero-order valence-electron chi connectivity index (χ0n) is 11.7. The van der Waals surface area contributed by atoms with E-state index in [2.05, 4.69) is 25.8 Å². The fraction of sp³-hybridized carbons (Fsp3) is 0.600. The average Bonchev–Trinajstić information content (AvgIpc) is 2.59. The van der Waals surface area contributed by atoms with Crippen molar-refractivity contribution in [2.75, 3.05) is 11.9 Å². The van der Waals surface area contributed by atoms with Crippen molar-refractivity contribution in [1.29, 1.82) is 0 Å². The van der Waals surface area contributed by atoms with Gasteiger partial charge in [-0.3, -0.25) is 9.78 Å². The van der Waals surface area contributed by atoms with E-state index in [-0.39, 0.29) is 5.91 Å². The molecule has 0 fully saturated rings. The molecule has 1 aromatic rings. The summed E-state index contributed by atoms with van der Waals surface area (Å²) in [5, 5.41) is 0. The second kappa shape index (κ2) is 4.71. The lowest BCUT2D eigenvalue weighted by molar-refractivity contribution is -0.123. The Balaban J connectivity index is 2.41. The van der Waals surface area contributed by atoms with Crippen LogP contribution < -0.4 is 4.90 Å². The van der Waals surface area contributed by atoms with Crippen LogP contribution in [0.4, 0.5) is 5.69 Å². The Morgan fingerprint density at radius 3 is 2.67 bits per heavy atom. The number of aromatic nitrogens is 1. The predicted octanol–water partition coefficient (Wildman–Crippen LogP) is 3.14. The molecule has 1 aliphatic rings. The molecule has 1 aliphatic heterocycles. The van der Waals surface area contributed by atoms with Crippen LogP contribution in [0, 0.1) is 5.92 Å². The number of rotatable bonds is 4. The Morgan fingerprint density at radius 1 is 1.39 bits per heavy atom. The van der Waals surface area contributed by atoms with Crippen LogP contribution in [-0.2, 0) is 10.2 Å².